The number of aliphatic imine (C=N–C) groups is 1. The first-order valence-corrected chi connectivity index (χ1v) is 12.0. The first-order chi connectivity index (χ1) is 17.5. The van der Waals surface area contributed by atoms with Crippen LogP contribution in [-0.4, -0.2) is 46.2 Å². The molecule has 0 bridgehead atoms. The number of ether oxygens (including phenoxy) is 2. The number of phenols is 2. The van der Waals surface area contributed by atoms with E-state index in [0.29, 0.717) is 27.6 Å². The molecule has 3 aromatic carbocycles. The molecule has 0 saturated heterocycles. The number of para-hydroxylation sites is 1. The van der Waals surface area contributed by atoms with E-state index in [-0.39, 0.29) is 29.0 Å². The molecule has 2 heterocycles. The average Bonchev–Trinajstić information content (AvgIpc) is 3.49. The normalized spacial score (nSPS) is 18.4. The zero-order valence-corrected chi connectivity index (χ0v) is 20.4. The summed E-state index contributed by atoms with van der Waals surface area (Å²) in [5, 5.41) is 27.7. The van der Waals surface area contributed by atoms with Crippen LogP contribution in [0.1, 0.15) is 29.2 Å². The lowest BCUT2D eigenvalue weighted by Crippen LogP contribution is -2.23. The summed E-state index contributed by atoms with van der Waals surface area (Å²) in [5.74, 6) is 0.101. The standard InChI is InChI=1S/C27H23N3O5S/c1-34-22-12-16(13-23(35-2)25(22)32)14-24-26(33)28-27(36-24)30-20(18-10-6-7-11-21(18)31)15-19(29-30)17-8-4-3-5-9-17/h3-14,20,31-32H,15H2,1-2H3/b24-14+. The van der Waals surface area contributed by atoms with Crippen molar-refractivity contribution in [2.24, 2.45) is 10.1 Å². The van der Waals surface area contributed by atoms with Gasteiger partial charge in [-0.2, -0.15) is 10.1 Å². The molecule has 0 aliphatic carbocycles. The van der Waals surface area contributed by atoms with Crippen molar-refractivity contribution in [3.8, 4) is 23.0 Å². The van der Waals surface area contributed by atoms with Crippen LogP contribution in [0.15, 0.2) is 81.7 Å². The van der Waals surface area contributed by atoms with E-state index < -0.39 is 5.91 Å². The molecule has 0 aromatic heterocycles. The Morgan fingerprint density at radius 1 is 1.00 bits per heavy atom. The van der Waals surface area contributed by atoms with Crippen LogP contribution >= 0.6 is 11.8 Å². The number of hydrazone groups is 1. The molecule has 1 unspecified atom stereocenters. The molecule has 2 N–H and O–H groups in total. The molecule has 3 aromatic rings. The quantitative estimate of drug-likeness (QED) is 0.478. The Morgan fingerprint density at radius 2 is 1.67 bits per heavy atom. The Balaban J connectivity index is 1.49. The van der Waals surface area contributed by atoms with Crippen molar-refractivity contribution in [2.75, 3.05) is 14.2 Å². The van der Waals surface area contributed by atoms with Crippen LogP contribution in [0.2, 0.25) is 0 Å². The minimum Gasteiger partial charge on any atom is -0.508 e. The third kappa shape index (κ3) is 4.40. The third-order valence-corrected chi connectivity index (χ3v) is 6.89. The fourth-order valence-corrected chi connectivity index (χ4v) is 5.06. The second kappa shape index (κ2) is 9.79. The zero-order chi connectivity index (χ0) is 25.2. The van der Waals surface area contributed by atoms with Crippen LogP contribution in [0.3, 0.4) is 0 Å². The molecule has 0 radical (unpaired) electrons. The molecule has 36 heavy (non-hydrogen) atoms. The number of thioether (sulfide) groups is 1. The molecule has 9 heteroatoms. The van der Waals surface area contributed by atoms with Gasteiger partial charge in [0.15, 0.2) is 16.7 Å². The molecular weight excluding hydrogens is 478 g/mol. The maximum Gasteiger partial charge on any atom is 0.286 e. The van der Waals surface area contributed by atoms with E-state index in [4.69, 9.17) is 14.6 Å². The van der Waals surface area contributed by atoms with Gasteiger partial charge >= 0.3 is 0 Å². The number of carbonyl (C=O) groups is 1. The minimum atomic E-state index is -0.402. The summed E-state index contributed by atoms with van der Waals surface area (Å²) in [6, 6.07) is 19.8. The van der Waals surface area contributed by atoms with Crippen molar-refractivity contribution in [3.05, 3.63) is 88.3 Å². The van der Waals surface area contributed by atoms with E-state index in [1.807, 2.05) is 42.5 Å². The van der Waals surface area contributed by atoms with Crippen LogP contribution in [0.5, 0.6) is 23.0 Å². The molecule has 5 rings (SSSR count). The SMILES string of the molecule is COc1cc(/C=C2/SC(N3N=C(c4ccccc4)CC3c3ccccc3O)=NC2=O)cc(OC)c1O. The van der Waals surface area contributed by atoms with Gasteiger partial charge in [-0.1, -0.05) is 48.5 Å². The van der Waals surface area contributed by atoms with E-state index in [9.17, 15) is 15.0 Å². The number of aromatic hydroxyl groups is 2. The van der Waals surface area contributed by atoms with Gasteiger partial charge in [0, 0.05) is 12.0 Å². The van der Waals surface area contributed by atoms with Crippen molar-refractivity contribution in [2.45, 2.75) is 12.5 Å². The van der Waals surface area contributed by atoms with Crippen molar-refractivity contribution in [1.29, 1.82) is 0 Å². The number of amidine groups is 1. The van der Waals surface area contributed by atoms with Gasteiger partial charge in [-0.05, 0) is 47.2 Å². The smallest absolute Gasteiger partial charge is 0.286 e. The number of hydrogen-bond acceptors (Lipinski definition) is 8. The molecule has 0 saturated carbocycles. The number of nitrogens with zero attached hydrogens (tertiary/aromatic N) is 3. The Kier molecular flexibility index (Phi) is 6.39. The Labute approximate surface area is 212 Å². The van der Waals surface area contributed by atoms with Crippen LogP contribution in [0.25, 0.3) is 6.08 Å². The first kappa shape index (κ1) is 23.5. The molecule has 2 aliphatic heterocycles. The maximum absolute atomic E-state index is 12.9. The van der Waals surface area contributed by atoms with Crippen molar-refractivity contribution >= 4 is 34.6 Å². The largest absolute Gasteiger partial charge is 0.508 e. The van der Waals surface area contributed by atoms with E-state index >= 15 is 0 Å². The molecule has 1 amide bonds. The minimum absolute atomic E-state index is 0.116. The predicted octanol–water partition coefficient (Wildman–Crippen LogP) is 4.94. The van der Waals surface area contributed by atoms with E-state index in [1.165, 1.54) is 26.0 Å². The second-order valence-electron chi connectivity index (χ2n) is 8.12. The lowest BCUT2D eigenvalue weighted by atomic mass is 9.98. The number of rotatable bonds is 5. The van der Waals surface area contributed by atoms with Gasteiger partial charge in [0.2, 0.25) is 5.75 Å². The van der Waals surface area contributed by atoms with Gasteiger partial charge in [-0.25, -0.2) is 5.01 Å². The van der Waals surface area contributed by atoms with Crippen LogP contribution in [0, 0.1) is 0 Å². The highest BCUT2D eigenvalue weighted by atomic mass is 32.2. The van der Waals surface area contributed by atoms with Crippen LogP contribution in [0.4, 0.5) is 0 Å². The highest BCUT2D eigenvalue weighted by Crippen LogP contribution is 2.43. The summed E-state index contributed by atoms with van der Waals surface area (Å²) in [7, 11) is 2.88. The van der Waals surface area contributed by atoms with E-state index in [2.05, 4.69) is 4.99 Å². The fourth-order valence-electron chi connectivity index (χ4n) is 4.15. The van der Waals surface area contributed by atoms with Gasteiger partial charge < -0.3 is 19.7 Å². The highest BCUT2D eigenvalue weighted by molar-refractivity contribution is 8.18. The van der Waals surface area contributed by atoms with Gasteiger partial charge in [0.05, 0.1) is 30.9 Å². The summed E-state index contributed by atoms with van der Waals surface area (Å²) < 4.78 is 10.4. The zero-order valence-electron chi connectivity index (χ0n) is 19.6. The van der Waals surface area contributed by atoms with Crippen LogP contribution in [-0.2, 0) is 4.79 Å². The van der Waals surface area contributed by atoms with Crippen molar-refractivity contribution < 1.29 is 24.5 Å². The predicted molar refractivity (Wildman–Crippen MR) is 140 cm³/mol. The summed E-state index contributed by atoms with van der Waals surface area (Å²) >= 11 is 1.20. The monoisotopic (exact) mass is 501 g/mol. The van der Waals surface area contributed by atoms with Gasteiger partial charge in [0.1, 0.15) is 5.75 Å². The van der Waals surface area contributed by atoms with E-state index in [1.54, 1.807) is 35.4 Å². The Hall–Kier alpha value is -4.24. The number of hydrogen-bond donors (Lipinski definition) is 2. The number of amides is 1. The molecule has 0 spiro atoms. The number of benzene rings is 3. The van der Waals surface area contributed by atoms with Gasteiger partial charge in [-0.3, -0.25) is 4.79 Å². The van der Waals surface area contributed by atoms with Crippen molar-refractivity contribution in [3.63, 3.8) is 0 Å². The summed E-state index contributed by atoms with van der Waals surface area (Å²) in [5.41, 5.74) is 3.12. The molecular formula is C27H23N3O5S. The maximum atomic E-state index is 12.9. The van der Waals surface area contributed by atoms with E-state index in [0.717, 1.165) is 11.3 Å². The second-order valence-corrected chi connectivity index (χ2v) is 9.13. The summed E-state index contributed by atoms with van der Waals surface area (Å²) in [6.45, 7) is 0. The highest BCUT2D eigenvalue weighted by Gasteiger charge is 2.37. The molecule has 0 fully saturated rings. The summed E-state index contributed by atoms with van der Waals surface area (Å²) in [4.78, 5) is 17.5. The Morgan fingerprint density at radius 3 is 2.33 bits per heavy atom. The van der Waals surface area contributed by atoms with Gasteiger partial charge in [-0.15, -0.1) is 0 Å². The molecule has 182 valence electrons. The number of carbonyl (C=O) groups excluding carboxylic acids is 1. The first-order valence-electron chi connectivity index (χ1n) is 11.2. The number of phenolic OH excluding ortho intramolecular Hbond substituents is 2. The average molecular weight is 502 g/mol. The summed E-state index contributed by atoms with van der Waals surface area (Å²) in [6.07, 6.45) is 2.21. The molecule has 1 atom stereocenters. The Bertz CT molecular complexity index is 1390. The third-order valence-electron chi connectivity index (χ3n) is 5.92. The van der Waals surface area contributed by atoms with Crippen LogP contribution < -0.4 is 9.47 Å². The number of methoxy groups -OCH3 is 2. The molecule has 2 aliphatic rings. The van der Waals surface area contributed by atoms with Gasteiger partial charge in [0.25, 0.3) is 5.91 Å². The molecule has 8 nitrogen and oxygen atoms in total. The fraction of sp³-hybridized carbons (Fsp3) is 0.148. The lowest BCUT2D eigenvalue weighted by Gasteiger charge is -2.23. The lowest BCUT2D eigenvalue weighted by molar-refractivity contribution is -0.113. The topological polar surface area (TPSA) is 104 Å². The van der Waals surface area contributed by atoms with Crippen molar-refractivity contribution in [1.82, 2.24) is 5.01 Å².